The Morgan fingerprint density at radius 3 is 2.15 bits per heavy atom. The molecule has 0 aliphatic carbocycles. The highest BCUT2D eigenvalue weighted by Gasteiger charge is 2.26. The summed E-state index contributed by atoms with van der Waals surface area (Å²) in [5, 5.41) is 0. The zero-order valence-corrected chi connectivity index (χ0v) is 12.5. The molecule has 5 heteroatoms. The minimum Gasteiger partial charge on any atom is -0.383 e. The van der Waals surface area contributed by atoms with Gasteiger partial charge in [-0.2, -0.15) is 0 Å². The third-order valence-electron chi connectivity index (χ3n) is 3.28. The molecular weight excluding hydrogens is 259 g/mol. The molecule has 1 aromatic rings. The summed E-state index contributed by atoms with van der Waals surface area (Å²) in [4.78, 5) is 2.11. The van der Waals surface area contributed by atoms with Gasteiger partial charge in [0.1, 0.15) is 5.82 Å². The molecule has 4 nitrogen and oxygen atoms in total. The van der Waals surface area contributed by atoms with Crippen LogP contribution in [0.4, 0.5) is 4.39 Å². The van der Waals surface area contributed by atoms with Gasteiger partial charge in [-0.15, -0.1) is 0 Å². The average Bonchev–Trinajstić information content (AvgIpc) is 2.43. The molecule has 2 N–H and O–H groups in total. The van der Waals surface area contributed by atoms with E-state index in [9.17, 15) is 4.39 Å². The van der Waals surface area contributed by atoms with Gasteiger partial charge in [0.2, 0.25) is 0 Å². The Balaban J connectivity index is 2.97. The van der Waals surface area contributed by atoms with Gasteiger partial charge in [0, 0.05) is 38.9 Å². The standard InChI is InChI=1S/C15H25FN2O2/c1-12(17)15(13-6-4-5-7-14(13)16)18(8-10-19-2)9-11-20-3/h4-7,12,15H,8-11,17H2,1-3H3. The van der Waals surface area contributed by atoms with Crippen LogP contribution in [0.5, 0.6) is 0 Å². The molecule has 0 aromatic heterocycles. The quantitative estimate of drug-likeness (QED) is 0.751. The van der Waals surface area contributed by atoms with E-state index in [1.165, 1.54) is 6.07 Å². The highest BCUT2D eigenvalue weighted by molar-refractivity contribution is 5.22. The van der Waals surface area contributed by atoms with Gasteiger partial charge >= 0.3 is 0 Å². The van der Waals surface area contributed by atoms with Crippen molar-refractivity contribution < 1.29 is 13.9 Å². The normalized spacial score (nSPS) is 14.5. The van der Waals surface area contributed by atoms with E-state index in [0.717, 1.165) is 0 Å². The van der Waals surface area contributed by atoms with Crippen LogP contribution in [0.25, 0.3) is 0 Å². The summed E-state index contributed by atoms with van der Waals surface area (Å²) in [7, 11) is 3.30. The van der Waals surface area contributed by atoms with Gasteiger partial charge in [-0.05, 0) is 13.0 Å². The number of ether oxygens (including phenoxy) is 2. The van der Waals surface area contributed by atoms with Crippen LogP contribution in [-0.4, -0.2) is 51.5 Å². The second-order valence-corrected chi connectivity index (χ2v) is 4.85. The third-order valence-corrected chi connectivity index (χ3v) is 3.28. The van der Waals surface area contributed by atoms with E-state index in [0.29, 0.717) is 31.9 Å². The van der Waals surface area contributed by atoms with Crippen molar-refractivity contribution in [1.29, 1.82) is 0 Å². The summed E-state index contributed by atoms with van der Waals surface area (Å²) >= 11 is 0. The molecular formula is C15H25FN2O2. The first-order valence-electron chi connectivity index (χ1n) is 6.83. The molecule has 0 aliphatic heterocycles. The average molecular weight is 284 g/mol. The van der Waals surface area contributed by atoms with Crippen molar-refractivity contribution in [2.24, 2.45) is 5.73 Å². The minimum atomic E-state index is -0.227. The number of hydrogen-bond acceptors (Lipinski definition) is 4. The van der Waals surface area contributed by atoms with Crippen molar-refractivity contribution in [2.75, 3.05) is 40.5 Å². The molecule has 2 unspecified atom stereocenters. The van der Waals surface area contributed by atoms with Crippen LogP contribution in [0.1, 0.15) is 18.5 Å². The number of rotatable bonds is 9. The minimum absolute atomic E-state index is 0.193. The Morgan fingerprint density at radius 1 is 1.15 bits per heavy atom. The molecule has 0 amide bonds. The summed E-state index contributed by atoms with van der Waals surface area (Å²) in [5.41, 5.74) is 6.71. The highest BCUT2D eigenvalue weighted by atomic mass is 19.1. The molecule has 0 saturated carbocycles. The Morgan fingerprint density at radius 2 is 1.70 bits per heavy atom. The first-order chi connectivity index (χ1) is 9.61. The number of halogens is 1. The topological polar surface area (TPSA) is 47.7 Å². The Kier molecular flexibility index (Phi) is 7.69. The van der Waals surface area contributed by atoms with Crippen LogP contribution in [0.2, 0.25) is 0 Å². The van der Waals surface area contributed by atoms with Gasteiger partial charge in [-0.3, -0.25) is 4.90 Å². The zero-order valence-electron chi connectivity index (χ0n) is 12.5. The van der Waals surface area contributed by atoms with Gasteiger partial charge in [0.25, 0.3) is 0 Å². The van der Waals surface area contributed by atoms with E-state index >= 15 is 0 Å². The number of nitrogens with two attached hydrogens (primary N) is 1. The monoisotopic (exact) mass is 284 g/mol. The SMILES string of the molecule is COCCN(CCOC)C(c1ccccc1F)C(C)N. The van der Waals surface area contributed by atoms with Gasteiger partial charge in [-0.25, -0.2) is 4.39 Å². The van der Waals surface area contributed by atoms with E-state index < -0.39 is 0 Å². The molecule has 0 fully saturated rings. The fourth-order valence-corrected chi connectivity index (χ4v) is 2.33. The van der Waals surface area contributed by atoms with E-state index in [4.69, 9.17) is 15.2 Å². The van der Waals surface area contributed by atoms with Crippen molar-refractivity contribution in [3.63, 3.8) is 0 Å². The first kappa shape index (κ1) is 17.0. The predicted molar refractivity (Wildman–Crippen MR) is 78.1 cm³/mol. The second-order valence-electron chi connectivity index (χ2n) is 4.85. The van der Waals surface area contributed by atoms with Gasteiger partial charge in [-0.1, -0.05) is 18.2 Å². The first-order valence-corrected chi connectivity index (χ1v) is 6.83. The smallest absolute Gasteiger partial charge is 0.128 e. The van der Waals surface area contributed by atoms with E-state index in [1.54, 1.807) is 26.4 Å². The molecule has 2 atom stereocenters. The van der Waals surface area contributed by atoms with Crippen molar-refractivity contribution in [1.82, 2.24) is 4.90 Å². The van der Waals surface area contributed by atoms with Crippen LogP contribution in [-0.2, 0) is 9.47 Å². The zero-order chi connectivity index (χ0) is 15.0. The van der Waals surface area contributed by atoms with Crippen LogP contribution in [0.15, 0.2) is 24.3 Å². The molecule has 1 rings (SSSR count). The Labute approximate surface area is 120 Å². The summed E-state index contributed by atoms with van der Waals surface area (Å²) < 4.78 is 24.3. The second kappa shape index (κ2) is 9.02. The van der Waals surface area contributed by atoms with Gasteiger partial charge in [0.15, 0.2) is 0 Å². The summed E-state index contributed by atoms with van der Waals surface area (Å²) in [6.07, 6.45) is 0. The number of nitrogens with zero attached hydrogens (tertiary/aromatic N) is 1. The maximum atomic E-state index is 14.1. The molecule has 0 aliphatic rings. The van der Waals surface area contributed by atoms with Crippen molar-refractivity contribution in [3.8, 4) is 0 Å². The summed E-state index contributed by atoms with van der Waals surface area (Å²) in [5.74, 6) is -0.227. The van der Waals surface area contributed by atoms with E-state index in [1.807, 2.05) is 13.0 Å². The summed E-state index contributed by atoms with van der Waals surface area (Å²) in [6, 6.07) is 6.39. The number of benzene rings is 1. The van der Waals surface area contributed by atoms with Gasteiger partial charge in [0.05, 0.1) is 19.3 Å². The molecule has 0 heterocycles. The van der Waals surface area contributed by atoms with Crippen LogP contribution in [0.3, 0.4) is 0 Å². The maximum absolute atomic E-state index is 14.1. The van der Waals surface area contributed by atoms with E-state index in [-0.39, 0.29) is 17.9 Å². The molecule has 0 saturated heterocycles. The molecule has 114 valence electrons. The molecule has 0 bridgehead atoms. The summed E-state index contributed by atoms with van der Waals surface area (Å²) in [6.45, 7) is 4.40. The number of methoxy groups -OCH3 is 2. The van der Waals surface area contributed by atoms with Crippen LogP contribution < -0.4 is 5.73 Å². The fourth-order valence-electron chi connectivity index (χ4n) is 2.33. The van der Waals surface area contributed by atoms with Crippen LogP contribution >= 0.6 is 0 Å². The van der Waals surface area contributed by atoms with Crippen LogP contribution in [0, 0.1) is 5.82 Å². The van der Waals surface area contributed by atoms with Gasteiger partial charge < -0.3 is 15.2 Å². The maximum Gasteiger partial charge on any atom is 0.128 e. The Bertz CT molecular complexity index is 380. The fraction of sp³-hybridized carbons (Fsp3) is 0.600. The number of hydrogen-bond donors (Lipinski definition) is 1. The molecule has 0 radical (unpaired) electrons. The lowest BCUT2D eigenvalue weighted by molar-refractivity contribution is 0.0788. The van der Waals surface area contributed by atoms with Crippen molar-refractivity contribution in [3.05, 3.63) is 35.6 Å². The van der Waals surface area contributed by atoms with E-state index in [2.05, 4.69) is 4.90 Å². The lowest BCUT2D eigenvalue weighted by Gasteiger charge is -2.34. The highest BCUT2D eigenvalue weighted by Crippen LogP contribution is 2.25. The largest absolute Gasteiger partial charge is 0.383 e. The molecule has 1 aromatic carbocycles. The van der Waals surface area contributed by atoms with Crippen molar-refractivity contribution >= 4 is 0 Å². The van der Waals surface area contributed by atoms with Crippen molar-refractivity contribution in [2.45, 2.75) is 19.0 Å². The lowest BCUT2D eigenvalue weighted by Crippen LogP contribution is -2.43. The molecule has 0 spiro atoms. The Hall–Kier alpha value is -1.01. The lowest BCUT2D eigenvalue weighted by atomic mass is 9.98. The predicted octanol–water partition coefficient (Wildman–Crippen LogP) is 1.81. The molecule has 20 heavy (non-hydrogen) atoms. The third kappa shape index (κ3) is 4.83.